The lowest BCUT2D eigenvalue weighted by Crippen LogP contribution is -2.31. The van der Waals surface area contributed by atoms with Gasteiger partial charge in [0.15, 0.2) is 23.1 Å². The average Bonchev–Trinajstić information content (AvgIpc) is 3.29. The second-order valence-corrected chi connectivity index (χ2v) is 7.46. The van der Waals surface area contributed by atoms with Gasteiger partial charge in [-0.3, -0.25) is 4.79 Å². The minimum atomic E-state index is -0.643. The van der Waals surface area contributed by atoms with Crippen molar-refractivity contribution in [3.05, 3.63) is 63.8 Å². The SMILES string of the molecule is Cc1sc(-c2ccco2)nc1C(=O)OCC(=O)NC(C)c1ccc(Cl)cc1. The van der Waals surface area contributed by atoms with E-state index in [9.17, 15) is 9.59 Å². The molecule has 1 atom stereocenters. The topological polar surface area (TPSA) is 81.4 Å². The third-order valence-corrected chi connectivity index (χ3v) is 5.04. The molecule has 0 spiro atoms. The van der Waals surface area contributed by atoms with Crippen molar-refractivity contribution in [2.24, 2.45) is 0 Å². The highest BCUT2D eigenvalue weighted by molar-refractivity contribution is 7.15. The highest BCUT2D eigenvalue weighted by Gasteiger charge is 2.20. The fourth-order valence-electron chi connectivity index (χ4n) is 2.41. The monoisotopic (exact) mass is 404 g/mol. The third-order valence-electron chi connectivity index (χ3n) is 3.80. The Morgan fingerprint density at radius 1 is 1.30 bits per heavy atom. The van der Waals surface area contributed by atoms with Crippen LogP contribution in [0.3, 0.4) is 0 Å². The van der Waals surface area contributed by atoms with Gasteiger partial charge in [0.05, 0.1) is 12.3 Å². The zero-order valence-electron chi connectivity index (χ0n) is 14.7. The van der Waals surface area contributed by atoms with Crippen LogP contribution < -0.4 is 5.32 Å². The van der Waals surface area contributed by atoms with Crippen LogP contribution in [0.1, 0.15) is 33.9 Å². The largest absolute Gasteiger partial charge is 0.462 e. The summed E-state index contributed by atoms with van der Waals surface area (Å²) >= 11 is 7.18. The van der Waals surface area contributed by atoms with Crippen LogP contribution in [-0.2, 0) is 9.53 Å². The molecule has 1 aromatic carbocycles. The first-order chi connectivity index (χ1) is 12.9. The lowest BCUT2D eigenvalue weighted by molar-refractivity contribution is -0.124. The first kappa shape index (κ1) is 19.1. The lowest BCUT2D eigenvalue weighted by atomic mass is 10.1. The van der Waals surface area contributed by atoms with Crippen molar-refractivity contribution < 1.29 is 18.7 Å². The van der Waals surface area contributed by atoms with Gasteiger partial charge in [-0.25, -0.2) is 9.78 Å². The summed E-state index contributed by atoms with van der Waals surface area (Å²) in [6.07, 6.45) is 1.54. The summed E-state index contributed by atoms with van der Waals surface area (Å²) in [5.41, 5.74) is 1.09. The van der Waals surface area contributed by atoms with Gasteiger partial charge < -0.3 is 14.5 Å². The summed E-state index contributed by atoms with van der Waals surface area (Å²) < 4.78 is 10.4. The Morgan fingerprint density at radius 3 is 2.70 bits per heavy atom. The number of amides is 1. The lowest BCUT2D eigenvalue weighted by Gasteiger charge is -2.14. The van der Waals surface area contributed by atoms with Gasteiger partial charge in [0, 0.05) is 9.90 Å². The Balaban J connectivity index is 1.56. The molecular weight excluding hydrogens is 388 g/mol. The van der Waals surface area contributed by atoms with Crippen LogP contribution in [0.5, 0.6) is 0 Å². The quantitative estimate of drug-likeness (QED) is 0.616. The van der Waals surface area contributed by atoms with E-state index in [0.29, 0.717) is 20.7 Å². The molecule has 0 saturated heterocycles. The Bertz CT molecular complexity index is 935. The molecule has 27 heavy (non-hydrogen) atoms. The molecule has 140 valence electrons. The number of ether oxygens (including phenoxy) is 1. The van der Waals surface area contributed by atoms with Gasteiger partial charge in [0.1, 0.15) is 0 Å². The van der Waals surface area contributed by atoms with Crippen molar-refractivity contribution in [3.63, 3.8) is 0 Å². The van der Waals surface area contributed by atoms with E-state index in [4.69, 9.17) is 20.8 Å². The molecule has 3 rings (SSSR count). The van der Waals surface area contributed by atoms with E-state index >= 15 is 0 Å². The standard InChI is InChI=1S/C19H17ClN2O4S/c1-11(13-5-7-14(20)8-6-13)21-16(23)10-26-19(24)17-12(2)27-18(22-17)15-4-3-9-25-15/h3-9,11H,10H2,1-2H3,(H,21,23). The first-order valence-electron chi connectivity index (χ1n) is 8.17. The molecule has 0 aliphatic heterocycles. The van der Waals surface area contributed by atoms with Crippen molar-refractivity contribution in [3.8, 4) is 10.8 Å². The van der Waals surface area contributed by atoms with Crippen LogP contribution in [0, 0.1) is 6.92 Å². The van der Waals surface area contributed by atoms with Crippen molar-refractivity contribution in [1.29, 1.82) is 0 Å². The van der Waals surface area contributed by atoms with Crippen LogP contribution in [-0.4, -0.2) is 23.5 Å². The minimum Gasteiger partial charge on any atom is -0.462 e. The summed E-state index contributed by atoms with van der Waals surface area (Å²) in [4.78, 5) is 29.3. The van der Waals surface area contributed by atoms with Crippen molar-refractivity contribution >= 4 is 34.8 Å². The Morgan fingerprint density at radius 2 is 2.04 bits per heavy atom. The molecule has 1 amide bonds. The van der Waals surface area contributed by atoms with E-state index in [2.05, 4.69) is 10.3 Å². The number of nitrogens with zero attached hydrogens (tertiary/aromatic N) is 1. The molecule has 0 saturated carbocycles. The van der Waals surface area contributed by atoms with Gasteiger partial charge in [0.2, 0.25) is 0 Å². The van der Waals surface area contributed by atoms with Gasteiger partial charge >= 0.3 is 5.97 Å². The fourth-order valence-corrected chi connectivity index (χ4v) is 3.40. The van der Waals surface area contributed by atoms with Gasteiger partial charge in [0.25, 0.3) is 5.91 Å². The third kappa shape index (κ3) is 4.75. The molecule has 1 unspecified atom stereocenters. The van der Waals surface area contributed by atoms with E-state index in [1.54, 1.807) is 31.2 Å². The number of aryl methyl sites for hydroxylation is 1. The molecule has 0 bridgehead atoms. The van der Waals surface area contributed by atoms with Crippen molar-refractivity contribution in [1.82, 2.24) is 10.3 Å². The van der Waals surface area contributed by atoms with Crippen LogP contribution in [0.25, 0.3) is 10.8 Å². The predicted molar refractivity (Wildman–Crippen MR) is 103 cm³/mol. The number of benzene rings is 1. The highest BCUT2D eigenvalue weighted by atomic mass is 35.5. The van der Waals surface area contributed by atoms with Gasteiger partial charge in [-0.2, -0.15) is 0 Å². The second kappa shape index (κ2) is 8.37. The Kier molecular flexibility index (Phi) is 5.93. The van der Waals surface area contributed by atoms with Crippen LogP contribution >= 0.6 is 22.9 Å². The number of furan rings is 1. The fraction of sp³-hybridized carbons (Fsp3) is 0.211. The van der Waals surface area contributed by atoms with E-state index < -0.39 is 11.9 Å². The zero-order valence-corrected chi connectivity index (χ0v) is 16.3. The zero-order chi connectivity index (χ0) is 19.4. The maximum Gasteiger partial charge on any atom is 0.358 e. The molecule has 0 aliphatic carbocycles. The second-order valence-electron chi connectivity index (χ2n) is 5.82. The van der Waals surface area contributed by atoms with Crippen LogP contribution in [0.2, 0.25) is 5.02 Å². The maximum atomic E-state index is 12.2. The number of aromatic nitrogens is 1. The van der Waals surface area contributed by atoms with Gasteiger partial charge in [-0.15, -0.1) is 11.3 Å². The van der Waals surface area contributed by atoms with E-state index in [0.717, 1.165) is 5.56 Å². The van der Waals surface area contributed by atoms with E-state index in [-0.39, 0.29) is 18.3 Å². The molecule has 2 heterocycles. The number of thiazole rings is 1. The molecular formula is C19H17ClN2O4S. The summed E-state index contributed by atoms with van der Waals surface area (Å²) in [5, 5.41) is 3.98. The van der Waals surface area contributed by atoms with Crippen LogP contribution in [0.4, 0.5) is 0 Å². The summed E-state index contributed by atoms with van der Waals surface area (Å²) in [7, 11) is 0. The number of hydrogen-bond donors (Lipinski definition) is 1. The van der Waals surface area contributed by atoms with Crippen molar-refractivity contribution in [2.75, 3.05) is 6.61 Å². The maximum absolute atomic E-state index is 12.2. The molecule has 0 fully saturated rings. The highest BCUT2D eigenvalue weighted by Crippen LogP contribution is 2.28. The molecule has 3 aromatic rings. The molecule has 0 aliphatic rings. The number of hydrogen-bond acceptors (Lipinski definition) is 6. The molecule has 8 heteroatoms. The van der Waals surface area contributed by atoms with E-state index in [1.165, 1.54) is 17.6 Å². The number of halogens is 1. The Labute approximate surface area is 165 Å². The average molecular weight is 405 g/mol. The molecule has 0 radical (unpaired) electrons. The number of rotatable bonds is 6. The number of carbonyl (C=O) groups excluding carboxylic acids is 2. The summed E-state index contributed by atoms with van der Waals surface area (Å²) in [5.74, 6) is -0.461. The number of esters is 1. The van der Waals surface area contributed by atoms with Gasteiger partial charge in [-0.1, -0.05) is 23.7 Å². The predicted octanol–water partition coefficient (Wildman–Crippen LogP) is 4.40. The Hall–Kier alpha value is -2.64. The van der Waals surface area contributed by atoms with Crippen LogP contribution in [0.15, 0.2) is 47.1 Å². The number of carbonyl (C=O) groups is 2. The van der Waals surface area contributed by atoms with Gasteiger partial charge in [-0.05, 0) is 43.7 Å². The minimum absolute atomic E-state index is 0.185. The smallest absolute Gasteiger partial charge is 0.358 e. The van der Waals surface area contributed by atoms with Crippen molar-refractivity contribution in [2.45, 2.75) is 19.9 Å². The molecule has 1 N–H and O–H groups in total. The first-order valence-corrected chi connectivity index (χ1v) is 9.36. The molecule has 6 nitrogen and oxygen atoms in total. The normalized spacial score (nSPS) is 11.8. The molecule has 2 aromatic heterocycles. The summed E-state index contributed by atoms with van der Waals surface area (Å²) in [6.45, 7) is 3.22. The summed E-state index contributed by atoms with van der Waals surface area (Å²) in [6, 6.07) is 10.4. The number of nitrogens with one attached hydrogen (secondary N) is 1. The van der Waals surface area contributed by atoms with E-state index in [1.807, 2.05) is 19.1 Å².